The number of nitriles is 1. The summed E-state index contributed by atoms with van der Waals surface area (Å²) < 4.78 is 3.76. The molecule has 0 radical (unpaired) electrons. The Bertz CT molecular complexity index is 818. The van der Waals surface area contributed by atoms with Crippen LogP contribution in [0.2, 0.25) is 0 Å². The van der Waals surface area contributed by atoms with Crippen molar-refractivity contribution in [2.45, 2.75) is 19.9 Å². The number of benzene rings is 1. The summed E-state index contributed by atoms with van der Waals surface area (Å²) >= 11 is 0. The molecule has 0 aliphatic rings. The van der Waals surface area contributed by atoms with Gasteiger partial charge in [0, 0.05) is 13.2 Å². The van der Waals surface area contributed by atoms with E-state index >= 15 is 0 Å². The van der Waals surface area contributed by atoms with Gasteiger partial charge in [0.05, 0.1) is 17.8 Å². The molecular weight excluding hydrogens is 274 g/mol. The fourth-order valence-corrected chi connectivity index (χ4v) is 2.48. The van der Waals surface area contributed by atoms with Crippen molar-refractivity contribution in [3.05, 3.63) is 59.5 Å². The molecule has 0 amide bonds. The Kier molecular flexibility index (Phi) is 3.75. The van der Waals surface area contributed by atoms with E-state index in [1.54, 1.807) is 12.5 Å². The Morgan fingerprint density at radius 1 is 1.18 bits per heavy atom. The highest BCUT2D eigenvalue weighted by Crippen LogP contribution is 2.20. The zero-order chi connectivity index (χ0) is 15.5. The molecule has 0 saturated heterocycles. The Labute approximate surface area is 129 Å². The van der Waals surface area contributed by atoms with Gasteiger partial charge in [0.25, 0.3) is 0 Å². The van der Waals surface area contributed by atoms with E-state index < -0.39 is 0 Å². The highest BCUT2D eigenvalue weighted by atomic mass is 15.3. The zero-order valence-corrected chi connectivity index (χ0v) is 12.7. The van der Waals surface area contributed by atoms with E-state index in [4.69, 9.17) is 5.26 Å². The number of hydrogen-bond acceptors (Lipinski definition) is 3. The average Bonchev–Trinajstić information content (AvgIpc) is 3.14. The van der Waals surface area contributed by atoms with Crippen LogP contribution in [0.3, 0.4) is 0 Å². The molecule has 2 aromatic heterocycles. The summed E-state index contributed by atoms with van der Waals surface area (Å²) in [6.45, 7) is 2.80. The van der Waals surface area contributed by atoms with Crippen LogP contribution in [0.25, 0.3) is 11.5 Å². The molecule has 3 aromatic rings. The van der Waals surface area contributed by atoms with Crippen molar-refractivity contribution < 1.29 is 0 Å². The fraction of sp³-hybridized carbons (Fsp3) is 0.235. The largest absolute Gasteiger partial charge is 0.347 e. The molecule has 22 heavy (non-hydrogen) atoms. The molecule has 3 rings (SSSR count). The minimum absolute atomic E-state index is 0.624. The maximum atomic E-state index is 9.02. The summed E-state index contributed by atoms with van der Waals surface area (Å²) in [5, 5.41) is 13.3. The zero-order valence-electron chi connectivity index (χ0n) is 12.7. The lowest BCUT2D eigenvalue weighted by Gasteiger charge is -2.07. The van der Waals surface area contributed by atoms with E-state index in [1.807, 2.05) is 22.4 Å². The minimum Gasteiger partial charge on any atom is -0.347 e. The molecule has 0 atom stereocenters. The monoisotopic (exact) mass is 291 g/mol. The molecule has 0 fully saturated rings. The van der Waals surface area contributed by atoms with E-state index in [-0.39, 0.29) is 0 Å². The lowest BCUT2D eigenvalue weighted by atomic mass is 10.1. The second-order valence-electron chi connectivity index (χ2n) is 5.25. The van der Waals surface area contributed by atoms with E-state index in [1.165, 1.54) is 11.1 Å². The number of aromatic nitrogens is 4. The van der Waals surface area contributed by atoms with Crippen molar-refractivity contribution >= 4 is 0 Å². The van der Waals surface area contributed by atoms with Crippen molar-refractivity contribution in [3.63, 3.8) is 0 Å². The third-order valence-electron chi connectivity index (χ3n) is 3.74. The van der Waals surface area contributed by atoms with Gasteiger partial charge in [-0.15, -0.1) is 0 Å². The second kappa shape index (κ2) is 5.86. The maximum Gasteiger partial charge on any atom is 0.175 e. The number of aryl methyl sites for hydroxylation is 2. The first-order valence-electron chi connectivity index (χ1n) is 7.23. The fourth-order valence-electron chi connectivity index (χ4n) is 2.48. The number of nitrogens with zero attached hydrogens (tertiary/aromatic N) is 5. The smallest absolute Gasteiger partial charge is 0.175 e. The van der Waals surface area contributed by atoms with Gasteiger partial charge in [-0.3, -0.25) is 0 Å². The number of rotatable bonds is 4. The van der Waals surface area contributed by atoms with Gasteiger partial charge in [0.1, 0.15) is 12.4 Å². The maximum absolute atomic E-state index is 9.02. The molecule has 5 nitrogen and oxygen atoms in total. The highest BCUT2D eigenvalue weighted by Gasteiger charge is 2.12. The Morgan fingerprint density at radius 2 is 1.91 bits per heavy atom. The average molecular weight is 291 g/mol. The van der Waals surface area contributed by atoms with Crippen molar-refractivity contribution in [3.8, 4) is 17.6 Å². The summed E-state index contributed by atoms with van der Waals surface area (Å²) in [5.41, 5.74) is 4.01. The molecule has 0 bridgehead atoms. The molecule has 0 unspecified atom stereocenters. The van der Waals surface area contributed by atoms with Crippen molar-refractivity contribution in [1.82, 2.24) is 19.3 Å². The molecule has 0 saturated carbocycles. The van der Waals surface area contributed by atoms with Crippen LogP contribution < -0.4 is 0 Å². The molecule has 0 aliphatic carbocycles. The van der Waals surface area contributed by atoms with E-state index in [2.05, 4.69) is 47.3 Å². The van der Waals surface area contributed by atoms with Gasteiger partial charge >= 0.3 is 0 Å². The lowest BCUT2D eigenvalue weighted by molar-refractivity contribution is 0.687. The molecular formula is C17H17N5. The first-order valence-corrected chi connectivity index (χ1v) is 7.23. The standard InChI is InChI=1S/C17H17N5/c1-3-13-4-6-14(7-5-13)11-22-17(19-12-20-22)16-8-15(9-18)10-21(16)2/h4-8,10,12H,3,11H2,1-2H3. The topological polar surface area (TPSA) is 59.4 Å². The number of hydrogen-bond donors (Lipinski definition) is 0. The molecule has 2 heterocycles. The summed E-state index contributed by atoms with van der Waals surface area (Å²) in [6.07, 6.45) is 4.38. The normalized spacial score (nSPS) is 10.6. The van der Waals surface area contributed by atoms with Gasteiger partial charge in [-0.05, 0) is 23.6 Å². The van der Waals surface area contributed by atoms with E-state index in [9.17, 15) is 0 Å². The lowest BCUT2D eigenvalue weighted by Crippen LogP contribution is -2.06. The molecule has 0 aliphatic heterocycles. The third-order valence-corrected chi connectivity index (χ3v) is 3.74. The van der Waals surface area contributed by atoms with Crippen LogP contribution >= 0.6 is 0 Å². The van der Waals surface area contributed by atoms with Crippen LogP contribution in [0.15, 0.2) is 42.9 Å². The van der Waals surface area contributed by atoms with E-state index in [0.29, 0.717) is 12.1 Å². The SMILES string of the molecule is CCc1ccc(Cn2ncnc2-c2cc(C#N)cn2C)cc1. The Hall–Kier alpha value is -2.87. The van der Waals surface area contributed by atoms with Gasteiger partial charge in [-0.25, -0.2) is 9.67 Å². The molecule has 5 heteroatoms. The Balaban J connectivity index is 1.91. The predicted octanol–water partition coefficient (Wildman–Crippen LogP) is 2.77. The van der Waals surface area contributed by atoms with Crippen LogP contribution in [0.1, 0.15) is 23.6 Å². The van der Waals surface area contributed by atoms with Gasteiger partial charge in [0.2, 0.25) is 0 Å². The van der Waals surface area contributed by atoms with Gasteiger partial charge in [-0.1, -0.05) is 31.2 Å². The highest BCUT2D eigenvalue weighted by molar-refractivity contribution is 5.54. The summed E-state index contributed by atoms with van der Waals surface area (Å²) in [4.78, 5) is 4.35. The van der Waals surface area contributed by atoms with Gasteiger partial charge in [-0.2, -0.15) is 10.4 Å². The second-order valence-corrected chi connectivity index (χ2v) is 5.25. The third kappa shape index (κ3) is 2.63. The first kappa shape index (κ1) is 14.1. The molecule has 0 N–H and O–H groups in total. The molecule has 110 valence electrons. The van der Waals surface area contributed by atoms with Crippen LogP contribution in [-0.4, -0.2) is 19.3 Å². The van der Waals surface area contributed by atoms with Crippen molar-refractivity contribution in [2.75, 3.05) is 0 Å². The van der Waals surface area contributed by atoms with Crippen LogP contribution in [0, 0.1) is 11.3 Å². The summed E-state index contributed by atoms with van der Waals surface area (Å²) in [7, 11) is 1.91. The van der Waals surface area contributed by atoms with Gasteiger partial charge < -0.3 is 4.57 Å². The van der Waals surface area contributed by atoms with Crippen LogP contribution in [-0.2, 0) is 20.0 Å². The first-order chi connectivity index (χ1) is 10.7. The van der Waals surface area contributed by atoms with Gasteiger partial charge in [0.15, 0.2) is 5.82 Å². The van der Waals surface area contributed by atoms with E-state index in [0.717, 1.165) is 17.9 Å². The quantitative estimate of drug-likeness (QED) is 0.742. The summed E-state index contributed by atoms with van der Waals surface area (Å²) in [6, 6.07) is 12.5. The molecule has 1 aromatic carbocycles. The van der Waals surface area contributed by atoms with Crippen molar-refractivity contribution in [1.29, 1.82) is 5.26 Å². The summed E-state index contributed by atoms with van der Waals surface area (Å²) in [5.74, 6) is 0.767. The molecule has 0 spiro atoms. The van der Waals surface area contributed by atoms with Crippen LogP contribution in [0.4, 0.5) is 0 Å². The minimum atomic E-state index is 0.624. The Morgan fingerprint density at radius 3 is 2.55 bits per heavy atom. The predicted molar refractivity (Wildman–Crippen MR) is 84.1 cm³/mol. The van der Waals surface area contributed by atoms with Crippen molar-refractivity contribution in [2.24, 2.45) is 7.05 Å². The van der Waals surface area contributed by atoms with Crippen LogP contribution in [0.5, 0.6) is 0 Å².